The highest BCUT2D eigenvalue weighted by atomic mass is 16.1. The second-order valence-electron chi connectivity index (χ2n) is 2.59. The summed E-state index contributed by atoms with van der Waals surface area (Å²) in [7, 11) is 1.77. The third kappa shape index (κ3) is 7.33. The Hall–Kier alpha value is -0.570. The first kappa shape index (κ1) is 10.4. The molecule has 0 radical (unpaired) electrons. The van der Waals surface area contributed by atoms with Gasteiger partial charge < -0.3 is 10.6 Å². The lowest BCUT2D eigenvalue weighted by Gasteiger charge is -2.02. The number of amides is 1. The van der Waals surface area contributed by atoms with Crippen molar-refractivity contribution in [3.05, 3.63) is 0 Å². The van der Waals surface area contributed by atoms with Crippen molar-refractivity contribution in [3.8, 4) is 0 Å². The van der Waals surface area contributed by atoms with Crippen LogP contribution in [0, 0.1) is 0 Å². The molecule has 3 nitrogen and oxygen atoms in total. The van der Waals surface area contributed by atoms with E-state index in [1.807, 2.05) is 0 Å². The van der Waals surface area contributed by atoms with Crippen LogP contribution in [0.25, 0.3) is 0 Å². The van der Waals surface area contributed by atoms with E-state index in [0.29, 0.717) is 6.54 Å². The lowest BCUT2D eigenvalue weighted by atomic mass is 10.2. The van der Waals surface area contributed by atoms with Gasteiger partial charge in [-0.05, 0) is 13.5 Å². The van der Waals surface area contributed by atoms with Gasteiger partial charge in [0.2, 0.25) is 5.91 Å². The van der Waals surface area contributed by atoms with Gasteiger partial charge in [0.25, 0.3) is 0 Å². The fourth-order valence-corrected chi connectivity index (χ4v) is 0.826. The Bertz CT molecular complexity index is 112. The van der Waals surface area contributed by atoms with E-state index in [9.17, 15) is 4.79 Å². The first-order valence-electron chi connectivity index (χ1n) is 4.22. The Morgan fingerprint density at radius 1 is 1.45 bits per heavy atom. The van der Waals surface area contributed by atoms with Gasteiger partial charge >= 0.3 is 0 Å². The maximum Gasteiger partial charge on any atom is 0.233 e. The van der Waals surface area contributed by atoms with E-state index in [1.165, 1.54) is 12.8 Å². The van der Waals surface area contributed by atoms with Gasteiger partial charge in [-0.25, -0.2) is 0 Å². The minimum absolute atomic E-state index is 0. The van der Waals surface area contributed by atoms with Gasteiger partial charge in [0.05, 0.1) is 6.54 Å². The highest BCUT2D eigenvalue weighted by molar-refractivity contribution is 5.77. The highest BCUT2D eigenvalue weighted by Crippen LogP contribution is 1.90. The molecule has 0 spiro atoms. The monoisotopic (exact) mass is 162 g/mol. The summed E-state index contributed by atoms with van der Waals surface area (Å²) >= 11 is 0. The van der Waals surface area contributed by atoms with Crippen LogP contribution in [0.3, 0.4) is 0 Å². The fourth-order valence-electron chi connectivity index (χ4n) is 0.826. The Morgan fingerprint density at radius 3 is 2.73 bits per heavy atom. The summed E-state index contributed by atoms with van der Waals surface area (Å²) in [5.74, 6) is 0.0867. The molecule has 0 aromatic heterocycles. The van der Waals surface area contributed by atoms with E-state index in [-0.39, 0.29) is 8.76 Å². The molecule has 0 heterocycles. The van der Waals surface area contributed by atoms with Gasteiger partial charge in [-0.2, -0.15) is 0 Å². The zero-order valence-electron chi connectivity index (χ0n) is 7.44. The van der Waals surface area contributed by atoms with Crippen LogP contribution in [0.1, 0.15) is 29.0 Å². The van der Waals surface area contributed by atoms with Gasteiger partial charge in [-0.3, -0.25) is 4.79 Å². The highest BCUT2D eigenvalue weighted by Gasteiger charge is 1.95. The number of hydrogen-bond donors (Lipinski definition) is 2. The van der Waals surface area contributed by atoms with Crippen LogP contribution in [0.5, 0.6) is 0 Å². The van der Waals surface area contributed by atoms with Crippen LogP contribution in [-0.4, -0.2) is 26.0 Å². The van der Waals surface area contributed by atoms with E-state index < -0.39 is 0 Å². The van der Waals surface area contributed by atoms with Crippen LogP contribution >= 0.6 is 0 Å². The van der Waals surface area contributed by atoms with Crippen molar-refractivity contribution in [3.63, 3.8) is 0 Å². The summed E-state index contributed by atoms with van der Waals surface area (Å²) in [6, 6.07) is 0. The Kier molecular flexibility index (Phi) is 7.15. The smallest absolute Gasteiger partial charge is 0.233 e. The molecule has 0 aromatic carbocycles. The van der Waals surface area contributed by atoms with E-state index in [1.54, 1.807) is 7.05 Å². The van der Waals surface area contributed by atoms with Gasteiger partial charge in [0, 0.05) is 9.40 Å². The van der Waals surface area contributed by atoms with Crippen LogP contribution in [0.15, 0.2) is 0 Å². The zero-order chi connectivity index (χ0) is 8.53. The van der Waals surface area contributed by atoms with Gasteiger partial charge in [-0.15, -0.1) is 0 Å². The predicted octanol–water partition coefficient (Wildman–Crippen LogP) is 1.00. The maximum absolute atomic E-state index is 10.8. The molecule has 0 atom stereocenters. The molecule has 0 aliphatic heterocycles. The zero-order valence-corrected chi connectivity index (χ0v) is 7.44. The van der Waals surface area contributed by atoms with Crippen molar-refractivity contribution in [1.29, 1.82) is 0 Å². The van der Waals surface area contributed by atoms with E-state index in [0.717, 1.165) is 13.0 Å². The van der Waals surface area contributed by atoms with Crippen LogP contribution in [-0.2, 0) is 4.79 Å². The minimum Gasteiger partial charge on any atom is -0.355 e. The van der Waals surface area contributed by atoms with E-state index >= 15 is 0 Å². The number of hydrogen-bond acceptors (Lipinski definition) is 2. The maximum atomic E-state index is 10.8. The molecule has 0 saturated carbocycles. The summed E-state index contributed by atoms with van der Waals surface area (Å²) in [6.45, 7) is 3.38. The molecule has 11 heavy (non-hydrogen) atoms. The van der Waals surface area contributed by atoms with Crippen molar-refractivity contribution in [2.75, 3.05) is 20.1 Å². The van der Waals surface area contributed by atoms with Crippen LogP contribution < -0.4 is 10.6 Å². The molecular formula is C8H22N2O. The predicted molar refractivity (Wildman–Crippen MR) is 50.7 cm³/mol. The lowest BCUT2D eigenvalue weighted by Crippen LogP contribution is -2.32. The number of carbonyl (C=O) groups is 1. The standard InChI is InChI=1S/C8H18N2O.2H2/c1-3-4-5-6-10-8(11)7-9-2;;/h9H,3-7H2,1-2H3,(H,10,11);2*1H. The first-order chi connectivity index (χ1) is 5.31. The van der Waals surface area contributed by atoms with E-state index in [2.05, 4.69) is 17.6 Å². The minimum atomic E-state index is 0. The molecule has 0 saturated heterocycles. The number of carbonyl (C=O) groups excluding carboxylic acids is 1. The fraction of sp³-hybridized carbons (Fsp3) is 0.875. The van der Waals surface area contributed by atoms with Gasteiger partial charge in [0.15, 0.2) is 0 Å². The molecule has 0 aromatic rings. The quantitative estimate of drug-likeness (QED) is 0.572. The summed E-state index contributed by atoms with van der Waals surface area (Å²) in [5.41, 5.74) is 0. The average molecular weight is 162 g/mol. The molecule has 70 valence electrons. The molecule has 3 heteroatoms. The van der Waals surface area contributed by atoms with Gasteiger partial charge in [-0.1, -0.05) is 19.8 Å². The third-order valence-corrected chi connectivity index (χ3v) is 1.44. The van der Waals surface area contributed by atoms with Crippen molar-refractivity contribution in [2.45, 2.75) is 26.2 Å². The summed E-state index contributed by atoms with van der Waals surface area (Å²) in [5, 5.41) is 5.61. The summed E-state index contributed by atoms with van der Waals surface area (Å²) in [6.07, 6.45) is 3.48. The second kappa shape index (κ2) is 7.54. The summed E-state index contributed by atoms with van der Waals surface area (Å²) in [4.78, 5) is 10.8. The molecule has 0 aliphatic carbocycles. The van der Waals surface area contributed by atoms with Crippen molar-refractivity contribution < 1.29 is 7.65 Å². The molecule has 0 bridgehead atoms. The average Bonchev–Trinajstić information content (AvgIpc) is 1.99. The molecule has 1 amide bonds. The van der Waals surface area contributed by atoms with Crippen molar-refractivity contribution in [1.82, 2.24) is 10.6 Å². The Balaban J connectivity index is -0.000000500. The van der Waals surface area contributed by atoms with Crippen molar-refractivity contribution in [2.24, 2.45) is 0 Å². The third-order valence-electron chi connectivity index (χ3n) is 1.44. The Morgan fingerprint density at radius 2 is 2.18 bits per heavy atom. The second-order valence-corrected chi connectivity index (χ2v) is 2.59. The summed E-state index contributed by atoms with van der Waals surface area (Å²) < 4.78 is 0. The molecule has 0 aliphatic rings. The van der Waals surface area contributed by atoms with Crippen LogP contribution in [0.2, 0.25) is 0 Å². The first-order valence-corrected chi connectivity index (χ1v) is 4.22. The SMILES string of the molecule is CCCCCNC(=O)CNC.[HH].[HH]. The molecule has 2 N–H and O–H groups in total. The van der Waals surface area contributed by atoms with Crippen LogP contribution in [0.4, 0.5) is 0 Å². The number of likely N-dealkylation sites (N-methyl/N-ethyl adjacent to an activating group) is 1. The normalized spacial score (nSPS) is 9.64. The van der Waals surface area contributed by atoms with Crippen molar-refractivity contribution >= 4 is 5.91 Å². The largest absolute Gasteiger partial charge is 0.355 e. The number of nitrogens with one attached hydrogen (secondary N) is 2. The molecule has 0 fully saturated rings. The number of rotatable bonds is 6. The lowest BCUT2D eigenvalue weighted by molar-refractivity contribution is -0.120. The van der Waals surface area contributed by atoms with Gasteiger partial charge in [0.1, 0.15) is 0 Å². The Labute approximate surface area is 71.5 Å². The molecule has 0 rings (SSSR count). The molecular weight excluding hydrogens is 140 g/mol. The molecule has 0 unspecified atom stereocenters. The van der Waals surface area contributed by atoms with E-state index in [4.69, 9.17) is 0 Å². The topological polar surface area (TPSA) is 41.1 Å². The number of unbranched alkanes of at least 4 members (excludes halogenated alkanes) is 2.